The van der Waals surface area contributed by atoms with Gasteiger partial charge in [-0.2, -0.15) is 0 Å². The van der Waals surface area contributed by atoms with Crippen molar-refractivity contribution in [2.75, 3.05) is 19.7 Å². The first kappa shape index (κ1) is 14.5. The third-order valence-corrected chi connectivity index (χ3v) is 4.53. The average Bonchev–Trinajstić information content (AvgIpc) is 2.83. The van der Waals surface area contributed by atoms with E-state index in [0.29, 0.717) is 6.61 Å². The number of ether oxygens (including phenoxy) is 1. The van der Waals surface area contributed by atoms with Gasteiger partial charge in [0.1, 0.15) is 17.7 Å². The molecule has 0 spiro atoms. The molecule has 0 aromatic heterocycles. The van der Waals surface area contributed by atoms with E-state index in [1.165, 1.54) is 0 Å². The predicted octanol–water partition coefficient (Wildman–Crippen LogP) is 1.30. The summed E-state index contributed by atoms with van der Waals surface area (Å²) in [6.07, 6.45) is 5.21. The van der Waals surface area contributed by atoms with E-state index >= 15 is 0 Å². The number of hydrogen-bond acceptors (Lipinski definition) is 5. The van der Waals surface area contributed by atoms with Crippen molar-refractivity contribution < 1.29 is 4.74 Å². The summed E-state index contributed by atoms with van der Waals surface area (Å²) in [4.78, 5) is 4.71. The van der Waals surface area contributed by atoms with Crippen LogP contribution in [0.2, 0.25) is 0 Å². The molecule has 2 rings (SSSR count). The van der Waals surface area contributed by atoms with Crippen LogP contribution in [0.25, 0.3) is 0 Å². The van der Waals surface area contributed by atoms with Crippen molar-refractivity contribution in [3.05, 3.63) is 25.4 Å². The molecule has 2 N–H and O–H groups in total. The SMILES string of the molecule is C=CN(N)C1(C2=NC(C)(C=C)CO2)CCN(P)CC1. The van der Waals surface area contributed by atoms with Crippen LogP contribution in [0, 0.1) is 0 Å². The molecule has 0 aliphatic carbocycles. The minimum atomic E-state index is -0.379. The van der Waals surface area contributed by atoms with Crippen LogP contribution in [-0.2, 0) is 4.74 Å². The molecule has 1 saturated heterocycles. The Morgan fingerprint density at radius 2 is 2.11 bits per heavy atom. The highest BCUT2D eigenvalue weighted by Crippen LogP contribution is 2.35. The fourth-order valence-electron chi connectivity index (χ4n) is 2.51. The van der Waals surface area contributed by atoms with Gasteiger partial charge in [-0.05, 0) is 19.8 Å². The third-order valence-electron chi connectivity index (χ3n) is 4.01. The quantitative estimate of drug-likeness (QED) is 0.365. The van der Waals surface area contributed by atoms with Gasteiger partial charge in [-0.3, -0.25) is 4.67 Å². The molecule has 0 aromatic carbocycles. The standard InChI is InChI=1S/C13H23N4OP/c1-4-12(3)10-18-11(15-12)13(17(14)5-2)6-8-16(19)9-7-13/h4-5H,1-2,6-10,14,19H2,3H3. The van der Waals surface area contributed by atoms with Gasteiger partial charge in [0, 0.05) is 19.3 Å². The number of rotatable bonds is 4. The van der Waals surface area contributed by atoms with Gasteiger partial charge < -0.3 is 9.75 Å². The van der Waals surface area contributed by atoms with E-state index in [2.05, 4.69) is 27.2 Å². The number of hydrogen-bond donors (Lipinski definition) is 1. The van der Waals surface area contributed by atoms with Gasteiger partial charge in [-0.25, -0.2) is 10.8 Å². The summed E-state index contributed by atoms with van der Waals surface area (Å²) in [5.41, 5.74) is -0.724. The minimum absolute atomic E-state index is 0.345. The molecule has 0 amide bonds. The summed E-state index contributed by atoms with van der Waals surface area (Å²) in [5.74, 6) is 6.86. The van der Waals surface area contributed by atoms with Crippen molar-refractivity contribution in [2.24, 2.45) is 10.8 Å². The molecule has 6 heteroatoms. The van der Waals surface area contributed by atoms with Gasteiger partial charge in [0.15, 0.2) is 0 Å². The summed E-state index contributed by atoms with van der Waals surface area (Å²) in [6, 6.07) is 0. The first-order valence-corrected chi connectivity index (χ1v) is 7.00. The van der Waals surface area contributed by atoms with E-state index in [-0.39, 0.29) is 11.1 Å². The van der Waals surface area contributed by atoms with Gasteiger partial charge in [0.25, 0.3) is 0 Å². The molecule has 2 aliphatic rings. The van der Waals surface area contributed by atoms with E-state index in [0.717, 1.165) is 31.8 Å². The van der Waals surface area contributed by atoms with Crippen LogP contribution in [0.3, 0.4) is 0 Å². The van der Waals surface area contributed by atoms with Crippen LogP contribution in [0.5, 0.6) is 0 Å². The lowest BCUT2D eigenvalue weighted by Crippen LogP contribution is -2.59. The Bertz CT molecular complexity index is 403. The largest absolute Gasteiger partial charge is 0.476 e. The number of aliphatic imine (C=N–C) groups is 1. The van der Waals surface area contributed by atoms with E-state index in [1.807, 2.05) is 13.0 Å². The van der Waals surface area contributed by atoms with E-state index in [1.54, 1.807) is 11.2 Å². The highest BCUT2D eigenvalue weighted by Gasteiger charge is 2.47. The van der Waals surface area contributed by atoms with Crippen molar-refractivity contribution in [3.8, 4) is 0 Å². The van der Waals surface area contributed by atoms with Gasteiger partial charge in [-0.1, -0.05) is 22.0 Å². The normalized spacial score (nSPS) is 30.4. The molecular formula is C13H23N4OP. The van der Waals surface area contributed by atoms with Crippen LogP contribution >= 0.6 is 9.39 Å². The minimum Gasteiger partial charge on any atom is -0.476 e. The third kappa shape index (κ3) is 2.55. The highest BCUT2D eigenvalue weighted by molar-refractivity contribution is 7.13. The maximum Gasteiger partial charge on any atom is 0.212 e. The number of hydrazine groups is 1. The molecule has 106 valence electrons. The first-order valence-electron chi connectivity index (χ1n) is 6.49. The fraction of sp³-hybridized carbons (Fsp3) is 0.615. The smallest absolute Gasteiger partial charge is 0.212 e. The van der Waals surface area contributed by atoms with Gasteiger partial charge in [0.05, 0.1) is 0 Å². The average molecular weight is 282 g/mol. The van der Waals surface area contributed by atoms with Gasteiger partial charge in [-0.15, -0.1) is 6.58 Å². The van der Waals surface area contributed by atoms with Crippen molar-refractivity contribution >= 4 is 15.3 Å². The zero-order valence-corrected chi connectivity index (χ0v) is 12.7. The second-order valence-corrected chi connectivity index (χ2v) is 6.15. The Morgan fingerprint density at radius 1 is 1.47 bits per heavy atom. The summed E-state index contributed by atoms with van der Waals surface area (Å²) < 4.78 is 8.05. The predicted molar refractivity (Wildman–Crippen MR) is 81.5 cm³/mol. The zero-order chi connectivity index (χ0) is 14.1. The van der Waals surface area contributed by atoms with Crippen molar-refractivity contribution in [2.45, 2.75) is 30.8 Å². The molecule has 0 radical (unpaired) electrons. The second-order valence-electron chi connectivity index (χ2n) is 5.42. The molecule has 0 aromatic rings. The zero-order valence-electron chi connectivity index (χ0n) is 11.5. The lowest BCUT2D eigenvalue weighted by Gasteiger charge is -2.44. The van der Waals surface area contributed by atoms with Gasteiger partial charge >= 0.3 is 0 Å². The molecule has 19 heavy (non-hydrogen) atoms. The number of nitrogens with zero attached hydrogens (tertiary/aromatic N) is 3. The molecule has 2 atom stereocenters. The monoisotopic (exact) mass is 282 g/mol. The topological polar surface area (TPSA) is 54.1 Å². The molecule has 2 heterocycles. The second kappa shape index (κ2) is 5.23. The lowest BCUT2D eigenvalue weighted by atomic mass is 9.87. The van der Waals surface area contributed by atoms with Crippen LogP contribution < -0.4 is 5.84 Å². The van der Waals surface area contributed by atoms with Crippen LogP contribution in [0.15, 0.2) is 30.4 Å². The summed E-state index contributed by atoms with van der Waals surface area (Å²) in [7, 11) is 2.73. The number of piperidine rings is 1. The molecule has 0 bridgehead atoms. The van der Waals surface area contributed by atoms with Crippen molar-refractivity contribution in [1.82, 2.24) is 9.68 Å². The summed E-state index contributed by atoms with van der Waals surface area (Å²) >= 11 is 0. The number of nitrogens with two attached hydrogens (primary N) is 1. The Kier molecular flexibility index (Phi) is 4.00. The van der Waals surface area contributed by atoms with Crippen LogP contribution in [0.4, 0.5) is 0 Å². The first-order chi connectivity index (χ1) is 8.96. The molecule has 1 fully saturated rings. The summed E-state index contributed by atoms with van der Waals surface area (Å²) in [6.45, 7) is 12.0. The van der Waals surface area contributed by atoms with E-state index < -0.39 is 0 Å². The Balaban J connectivity index is 2.32. The van der Waals surface area contributed by atoms with E-state index in [9.17, 15) is 0 Å². The Morgan fingerprint density at radius 3 is 2.58 bits per heavy atom. The Hall–Kier alpha value is -0.900. The maximum atomic E-state index is 6.14. The highest BCUT2D eigenvalue weighted by atomic mass is 31.0. The van der Waals surface area contributed by atoms with E-state index in [4.69, 9.17) is 15.6 Å². The van der Waals surface area contributed by atoms with Crippen molar-refractivity contribution in [3.63, 3.8) is 0 Å². The van der Waals surface area contributed by atoms with Gasteiger partial charge in [0.2, 0.25) is 5.90 Å². The van der Waals surface area contributed by atoms with Crippen LogP contribution in [0.1, 0.15) is 19.8 Å². The lowest BCUT2D eigenvalue weighted by molar-refractivity contribution is 0.118. The molecular weight excluding hydrogens is 259 g/mol. The maximum absolute atomic E-state index is 6.14. The molecule has 0 saturated carbocycles. The van der Waals surface area contributed by atoms with Crippen LogP contribution in [-0.4, -0.2) is 46.4 Å². The molecule has 2 aliphatic heterocycles. The van der Waals surface area contributed by atoms with Crippen molar-refractivity contribution in [1.29, 1.82) is 0 Å². The molecule has 2 unspecified atom stereocenters. The molecule has 5 nitrogen and oxygen atoms in total. The summed E-state index contributed by atoms with van der Waals surface area (Å²) in [5, 5.41) is 1.65. The fourth-order valence-corrected chi connectivity index (χ4v) is 2.76. The Labute approximate surface area is 117 Å².